The molecule has 3 heterocycles. The molecule has 2 saturated heterocycles. The van der Waals surface area contributed by atoms with E-state index in [-0.39, 0.29) is 11.9 Å². The summed E-state index contributed by atoms with van der Waals surface area (Å²) in [6, 6.07) is 7.12. The number of benzene rings is 1. The van der Waals surface area contributed by atoms with Crippen LogP contribution in [0.15, 0.2) is 29.3 Å². The van der Waals surface area contributed by atoms with Crippen LogP contribution in [0, 0.1) is 0 Å². The molecule has 0 bridgehead atoms. The first-order valence-electron chi connectivity index (χ1n) is 9.91. The molecule has 8 heteroatoms. The number of unbranched alkanes of at least 4 members (excludes halogenated alkanes) is 2. The van der Waals surface area contributed by atoms with Crippen molar-refractivity contribution in [3.63, 3.8) is 0 Å². The highest BCUT2D eigenvalue weighted by Gasteiger charge is 2.54. The Morgan fingerprint density at radius 1 is 1.21 bits per heavy atom. The van der Waals surface area contributed by atoms with Gasteiger partial charge in [-0.3, -0.25) is 9.69 Å². The van der Waals surface area contributed by atoms with Crippen molar-refractivity contribution in [2.75, 3.05) is 38.7 Å². The molecule has 8 nitrogen and oxygen atoms in total. The molecule has 1 aromatic rings. The molecule has 150 valence electrons. The monoisotopic (exact) mass is 385 g/mol. The fourth-order valence-electron chi connectivity index (χ4n) is 4.19. The Morgan fingerprint density at radius 2 is 2.04 bits per heavy atom. The predicted octanol–water partition coefficient (Wildman–Crippen LogP) is 1.97. The molecule has 0 spiro atoms. The number of aliphatic imine (C=N–C) groups is 1. The summed E-state index contributed by atoms with van der Waals surface area (Å²) in [5.41, 5.74) is 0.973. The molecule has 3 aliphatic heterocycles. The van der Waals surface area contributed by atoms with Crippen LogP contribution >= 0.6 is 0 Å². The lowest BCUT2D eigenvalue weighted by atomic mass is 10.1. The minimum atomic E-state index is -0.467. The molecule has 3 aliphatic rings. The van der Waals surface area contributed by atoms with E-state index in [0.29, 0.717) is 13.1 Å². The number of carbonyl (C=O) groups is 2. The number of imide groups is 1. The van der Waals surface area contributed by atoms with Gasteiger partial charge in [-0.2, -0.15) is 0 Å². The van der Waals surface area contributed by atoms with Crippen LogP contribution in [0.3, 0.4) is 0 Å². The van der Waals surface area contributed by atoms with E-state index in [1.54, 1.807) is 19.1 Å². The number of hydrogen-bond acceptors (Lipinski definition) is 6. The van der Waals surface area contributed by atoms with Gasteiger partial charge in [-0.1, -0.05) is 25.8 Å². The van der Waals surface area contributed by atoms with Gasteiger partial charge in [0, 0.05) is 38.4 Å². The Hall–Kier alpha value is -2.77. The van der Waals surface area contributed by atoms with Gasteiger partial charge < -0.3 is 19.4 Å². The zero-order valence-corrected chi connectivity index (χ0v) is 16.7. The minimum absolute atomic E-state index is 0.129. The van der Waals surface area contributed by atoms with Gasteiger partial charge in [-0.15, -0.1) is 0 Å². The number of urea groups is 1. The van der Waals surface area contributed by atoms with E-state index in [1.807, 2.05) is 29.2 Å². The maximum Gasteiger partial charge on any atom is 0.328 e. The van der Waals surface area contributed by atoms with Crippen molar-refractivity contribution in [1.29, 1.82) is 0 Å². The second-order valence-corrected chi connectivity index (χ2v) is 7.42. The summed E-state index contributed by atoms with van der Waals surface area (Å²) in [5.74, 6) is 1.40. The first-order valence-corrected chi connectivity index (χ1v) is 9.91. The predicted molar refractivity (Wildman–Crippen MR) is 106 cm³/mol. The first-order chi connectivity index (χ1) is 13.6. The minimum Gasteiger partial charge on any atom is -0.497 e. The number of carbonyl (C=O) groups excluding carboxylic acids is 2. The molecule has 2 unspecified atom stereocenters. The molecule has 2 fully saturated rings. The average Bonchev–Trinajstić information content (AvgIpc) is 3.28. The summed E-state index contributed by atoms with van der Waals surface area (Å²) < 4.78 is 5.34. The van der Waals surface area contributed by atoms with Crippen molar-refractivity contribution in [2.24, 2.45) is 4.99 Å². The lowest BCUT2D eigenvalue weighted by molar-refractivity contribution is -0.137. The molecule has 3 amide bonds. The number of hydrogen-bond donors (Lipinski definition) is 0. The lowest BCUT2D eigenvalue weighted by Gasteiger charge is -2.40. The number of likely N-dealkylation sites (N-methyl/N-ethyl adjacent to an activating group) is 1. The van der Waals surface area contributed by atoms with Gasteiger partial charge in [0.05, 0.1) is 7.11 Å². The lowest BCUT2D eigenvalue weighted by Crippen LogP contribution is -2.64. The number of amides is 3. The molecule has 28 heavy (non-hydrogen) atoms. The average molecular weight is 385 g/mol. The fraction of sp³-hybridized carbons (Fsp3) is 0.550. The zero-order valence-electron chi connectivity index (χ0n) is 16.7. The fourth-order valence-corrected chi connectivity index (χ4v) is 4.19. The van der Waals surface area contributed by atoms with E-state index in [1.165, 1.54) is 4.90 Å². The number of rotatable bonds is 6. The largest absolute Gasteiger partial charge is 0.497 e. The molecule has 4 rings (SSSR count). The third-order valence-corrected chi connectivity index (χ3v) is 5.73. The molecule has 2 atom stereocenters. The second-order valence-electron chi connectivity index (χ2n) is 7.42. The Balaban J connectivity index is 1.59. The van der Waals surface area contributed by atoms with Gasteiger partial charge in [0.25, 0.3) is 5.91 Å². The molecule has 1 aromatic carbocycles. The van der Waals surface area contributed by atoms with Crippen molar-refractivity contribution in [2.45, 2.75) is 38.4 Å². The quantitative estimate of drug-likeness (QED) is 0.701. The van der Waals surface area contributed by atoms with Crippen LogP contribution in [0.25, 0.3) is 0 Å². The van der Waals surface area contributed by atoms with Crippen molar-refractivity contribution < 1.29 is 14.3 Å². The highest BCUT2D eigenvalue weighted by molar-refractivity contribution is 6.08. The third kappa shape index (κ3) is 2.87. The van der Waals surface area contributed by atoms with Crippen molar-refractivity contribution in [3.8, 4) is 5.75 Å². The normalized spacial score (nSPS) is 23.9. The van der Waals surface area contributed by atoms with Crippen LogP contribution < -0.4 is 9.64 Å². The van der Waals surface area contributed by atoms with Crippen molar-refractivity contribution in [3.05, 3.63) is 24.3 Å². The first kappa shape index (κ1) is 18.6. The number of fused-ring (bicyclic) bond motifs is 3. The van der Waals surface area contributed by atoms with Gasteiger partial charge in [0.1, 0.15) is 5.75 Å². The Morgan fingerprint density at radius 3 is 2.79 bits per heavy atom. The molecular formula is C20H27N5O3. The summed E-state index contributed by atoms with van der Waals surface area (Å²) in [4.78, 5) is 37.8. The molecule has 0 N–H and O–H groups in total. The van der Waals surface area contributed by atoms with Gasteiger partial charge >= 0.3 is 6.03 Å². The van der Waals surface area contributed by atoms with Crippen molar-refractivity contribution >= 4 is 23.6 Å². The van der Waals surface area contributed by atoms with E-state index in [4.69, 9.17) is 9.73 Å². The molecule has 0 aromatic heterocycles. The van der Waals surface area contributed by atoms with E-state index in [9.17, 15) is 9.59 Å². The van der Waals surface area contributed by atoms with E-state index in [0.717, 1.165) is 43.2 Å². The number of nitrogens with zero attached hydrogens (tertiary/aromatic N) is 5. The van der Waals surface area contributed by atoms with E-state index >= 15 is 0 Å². The third-order valence-electron chi connectivity index (χ3n) is 5.73. The maximum atomic E-state index is 13.2. The van der Waals surface area contributed by atoms with Gasteiger partial charge in [-0.05, 0) is 18.6 Å². The number of methoxy groups -OCH3 is 1. The summed E-state index contributed by atoms with van der Waals surface area (Å²) in [6.07, 6.45) is 2.42. The van der Waals surface area contributed by atoms with Crippen LogP contribution in [0.5, 0.6) is 5.75 Å². The molecule has 0 radical (unpaired) electrons. The smallest absolute Gasteiger partial charge is 0.328 e. The topological polar surface area (TPSA) is 68.7 Å². The summed E-state index contributed by atoms with van der Waals surface area (Å²) in [6.45, 7) is 4.03. The van der Waals surface area contributed by atoms with Crippen LogP contribution in [0.1, 0.15) is 26.2 Å². The standard InChI is InChI=1S/C20H27N5O3/c1-4-5-6-10-25-18(26)16-17(22(2)20(25)27)21-19-23(11-12-24(16)19)14-8-7-9-15(13-14)28-3/h7-9,13,16-17H,4-6,10-12H2,1-3H3. The van der Waals surface area contributed by atoms with Crippen LogP contribution in [0.4, 0.5) is 10.5 Å². The van der Waals surface area contributed by atoms with Crippen LogP contribution in [-0.4, -0.2) is 78.6 Å². The Kier molecular flexibility index (Phi) is 4.87. The van der Waals surface area contributed by atoms with Crippen molar-refractivity contribution in [1.82, 2.24) is 14.7 Å². The maximum absolute atomic E-state index is 13.2. The molecular weight excluding hydrogens is 358 g/mol. The number of anilines is 1. The van der Waals surface area contributed by atoms with Gasteiger partial charge in [0.15, 0.2) is 12.2 Å². The number of ether oxygens (including phenoxy) is 1. The van der Waals surface area contributed by atoms with E-state index < -0.39 is 12.2 Å². The van der Waals surface area contributed by atoms with Crippen LogP contribution in [-0.2, 0) is 4.79 Å². The Labute approximate surface area is 165 Å². The Bertz CT molecular complexity index is 811. The highest BCUT2D eigenvalue weighted by Crippen LogP contribution is 2.34. The highest BCUT2D eigenvalue weighted by atomic mass is 16.5. The number of guanidine groups is 1. The summed E-state index contributed by atoms with van der Waals surface area (Å²) in [7, 11) is 3.38. The molecule has 0 aliphatic carbocycles. The summed E-state index contributed by atoms with van der Waals surface area (Å²) >= 11 is 0. The summed E-state index contributed by atoms with van der Waals surface area (Å²) in [5, 5.41) is 0. The molecule has 0 saturated carbocycles. The zero-order chi connectivity index (χ0) is 19.8. The van der Waals surface area contributed by atoms with Gasteiger partial charge in [0.2, 0.25) is 5.96 Å². The SMILES string of the molecule is CCCCCN1C(=O)C2C(N=C3N(c4cccc(OC)c4)CCN32)N(C)C1=O. The van der Waals surface area contributed by atoms with E-state index in [2.05, 4.69) is 11.8 Å². The van der Waals surface area contributed by atoms with Crippen LogP contribution in [0.2, 0.25) is 0 Å². The van der Waals surface area contributed by atoms with Gasteiger partial charge in [-0.25, -0.2) is 9.79 Å². The second kappa shape index (κ2) is 7.33.